The van der Waals surface area contributed by atoms with Gasteiger partial charge < -0.3 is 20.1 Å². The average molecular weight is 562 g/mol. The quantitative estimate of drug-likeness (QED) is 0.206. The van der Waals surface area contributed by atoms with Gasteiger partial charge in [-0.15, -0.1) is 0 Å². The Balaban J connectivity index is 1.48. The summed E-state index contributed by atoms with van der Waals surface area (Å²) in [6.45, 7) is 5.50. The van der Waals surface area contributed by atoms with Crippen molar-refractivity contribution in [1.82, 2.24) is 16.0 Å². The van der Waals surface area contributed by atoms with Crippen molar-refractivity contribution in [3.8, 4) is 11.5 Å². The zero-order valence-electron chi connectivity index (χ0n) is 23.3. The molecule has 0 radical (unpaired) electrons. The number of amides is 4. The molecule has 41 heavy (non-hydrogen) atoms. The lowest BCUT2D eigenvalue weighted by molar-refractivity contribution is -0.138. The van der Waals surface area contributed by atoms with Gasteiger partial charge in [0.05, 0.1) is 24.4 Å². The largest absolute Gasteiger partial charge is 0.454 e. The predicted molar refractivity (Wildman–Crippen MR) is 150 cm³/mol. The normalized spacial score (nSPS) is 19.2. The van der Waals surface area contributed by atoms with E-state index >= 15 is 0 Å². The summed E-state index contributed by atoms with van der Waals surface area (Å²) in [7, 11) is 0. The van der Waals surface area contributed by atoms with Crippen LogP contribution in [0.25, 0.3) is 6.08 Å². The second kappa shape index (κ2) is 13.3. The Kier molecular flexibility index (Phi) is 9.54. The van der Waals surface area contributed by atoms with Crippen LogP contribution in [-0.4, -0.2) is 42.2 Å². The number of hydrogen-bond donors (Lipinski definition) is 3. The molecule has 3 N–H and O–H groups in total. The maximum atomic E-state index is 13.5. The number of rotatable bonds is 12. The van der Waals surface area contributed by atoms with E-state index in [-0.39, 0.29) is 19.1 Å². The highest BCUT2D eigenvalue weighted by Crippen LogP contribution is 2.33. The smallest absolute Gasteiger partial charge is 0.244 e. The maximum absolute atomic E-state index is 13.5. The average Bonchev–Trinajstić information content (AvgIpc) is 3.54. The van der Waals surface area contributed by atoms with Crippen LogP contribution in [-0.2, 0) is 24.0 Å². The first kappa shape index (κ1) is 29.5. The van der Waals surface area contributed by atoms with Gasteiger partial charge in [0.2, 0.25) is 30.4 Å². The van der Waals surface area contributed by atoms with Gasteiger partial charge >= 0.3 is 0 Å². The molecular weight excluding hydrogens is 526 g/mol. The van der Waals surface area contributed by atoms with Crippen molar-refractivity contribution in [2.75, 3.05) is 6.79 Å². The summed E-state index contributed by atoms with van der Waals surface area (Å²) >= 11 is 0. The Morgan fingerprint density at radius 1 is 0.976 bits per heavy atom. The second-order valence-corrected chi connectivity index (χ2v) is 10.3. The summed E-state index contributed by atoms with van der Waals surface area (Å²) in [5.41, 5.74) is 1.46. The van der Waals surface area contributed by atoms with E-state index in [2.05, 4.69) is 16.0 Å². The molecule has 4 rings (SSSR count). The summed E-state index contributed by atoms with van der Waals surface area (Å²) in [6, 6.07) is 12.8. The molecule has 1 saturated heterocycles. The Morgan fingerprint density at radius 3 is 2.34 bits per heavy atom. The van der Waals surface area contributed by atoms with Crippen LogP contribution in [0.15, 0.2) is 54.6 Å². The molecule has 4 amide bonds. The summed E-state index contributed by atoms with van der Waals surface area (Å²) in [4.78, 5) is 64.2. The monoisotopic (exact) mass is 561 g/mol. The number of Topliss-reactive ketones (excluding diaryl/α,β-unsaturated/α-hetero) is 1. The third kappa shape index (κ3) is 7.00. The number of hydrogen-bond acceptors (Lipinski definition) is 7. The van der Waals surface area contributed by atoms with Gasteiger partial charge in [-0.1, -0.05) is 70.0 Å². The zero-order valence-corrected chi connectivity index (χ0v) is 23.3. The highest BCUT2D eigenvalue weighted by molar-refractivity contribution is 6.16. The van der Waals surface area contributed by atoms with Crippen molar-refractivity contribution in [3.63, 3.8) is 0 Å². The minimum absolute atomic E-state index is 0.136. The van der Waals surface area contributed by atoms with E-state index in [0.717, 1.165) is 5.56 Å². The van der Waals surface area contributed by atoms with E-state index in [1.807, 2.05) is 32.0 Å². The summed E-state index contributed by atoms with van der Waals surface area (Å²) in [5.74, 6) is -3.43. The Bertz CT molecular complexity index is 1340. The van der Waals surface area contributed by atoms with Crippen molar-refractivity contribution in [2.24, 2.45) is 17.8 Å². The molecule has 10 nitrogen and oxygen atoms in total. The van der Waals surface area contributed by atoms with Crippen molar-refractivity contribution < 1.29 is 33.4 Å². The zero-order chi connectivity index (χ0) is 29.5. The molecule has 0 spiro atoms. The summed E-state index contributed by atoms with van der Waals surface area (Å²) in [6.07, 6.45) is 4.05. The first-order valence-corrected chi connectivity index (χ1v) is 13.8. The van der Waals surface area contributed by atoms with Gasteiger partial charge in [0.15, 0.2) is 17.3 Å². The first-order valence-electron chi connectivity index (χ1n) is 13.8. The van der Waals surface area contributed by atoms with Crippen LogP contribution in [0.1, 0.15) is 57.2 Å². The molecule has 1 fully saturated rings. The van der Waals surface area contributed by atoms with Crippen LogP contribution in [0.5, 0.6) is 11.5 Å². The van der Waals surface area contributed by atoms with Crippen molar-refractivity contribution >= 4 is 35.5 Å². The molecule has 2 aliphatic rings. The van der Waals surface area contributed by atoms with E-state index in [0.29, 0.717) is 29.9 Å². The second-order valence-electron chi connectivity index (χ2n) is 10.3. The first-order chi connectivity index (χ1) is 19.7. The van der Waals surface area contributed by atoms with Crippen LogP contribution in [0.4, 0.5) is 0 Å². The summed E-state index contributed by atoms with van der Waals surface area (Å²) in [5, 5.41) is 7.93. The standard InChI is InChI=1S/C31H35N3O7/c1-4-20(5-2)28(29(37)27-18(3)30(38)34-31(27)39)33-26(36)16-22(21-9-7-6-8-10-21)32-25(35)14-12-19-11-13-23-24(15-19)41-17-40-23/h6-15,18,20,22,27-28H,4-5,16-17H2,1-3H3,(H,32,35)(H,33,36)(H,34,38,39)/b14-12+/t18-,22-,27+,28?/m0/s1. The van der Waals surface area contributed by atoms with E-state index in [9.17, 15) is 24.0 Å². The van der Waals surface area contributed by atoms with Gasteiger partial charge in [-0.05, 0) is 35.3 Å². The van der Waals surface area contributed by atoms with Gasteiger partial charge in [0.1, 0.15) is 5.92 Å². The molecule has 10 heteroatoms. The number of ether oxygens (including phenoxy) is 2. The molecule has 216 valence electrons. The molecular formula is C31H35N3O7. The Hall–Kier alpha value is -4.47. The minimum Gasteiger partial charge on any atom is -0.454 e. The number of carbonyl (C=O) groups is 5. The van der Waals surface area contributed by atoms with Gasteiger partial charge in [-0.25, -0.2) is 0 Å². The number of fused-ring (bicyclic) bond motifs is 1. The highest BCUT2D eigenvalue weighted by atomic mass is 16.7. The SMILES string of the molecule is CCC(CC)C(NC(=O)C[C@H](NC(=O)/C=C/c1ccc2c(c1)OCO2)c1ccccc1)C(=O)[C@@H]1C(=O)NC(=O)[C@H]1C. The fraction of sp³-hybridized carbons (Fsp3) is 0.387. The fourth-order valence-corrected chi connectivity index (χ4v) is 5.21. The molecule has 0 aliphatic carbocycles. The Morgan fingerprint density at radius 2 is 1.68 bits per heavy atom. The molecule has 2 aliphatic heterocycles. The number of carbonyl (C=O) groups excluding carboxylic acids is 5. The topological polar surface area (TPSA) is 140 Å². The third-order valence-electron chi connectivity index (χ3n) is 7.62. The molecule has 1 unspecified atom stereocenters. The number of nitrogens with one attached hydrogen (secondary N) is 3. The molecule has 2 aromatic rings. The van der Waals surface area contributed by atoms with E-state index in [4.69, 9.17) is 9.47 Å². The van der Waals surface area contributed by atoms with E-state index in [1.165, 1.54) is 13.0 Å². The number of benzene rings is 2. The lowest BCUT2D eigenvalue weighted by atomic mass is 9.82. The van der Waals surface area contributed by atoms with Crippen LogP contribution < -0.4 is 25.4 Å². The number of imide groups is 1. The molecule has 4 atom stereocenters. The molecule has 2 heterocycles. The molecule has 2 aromatic carbocycles. The van der Waals surface area contributed by atoms with Crippen LogP contribution in [0.3, 0.4) is 0 Å². The van der Waals surface area contributed by atoms with Crippen molar-refractivity contribution in [1.29, 1.82) is 0 Å². The Labute approximate surface area is 238 Å². The van der Waals surface area contributed by atoms with Crippen LogP contribution in [0, 0.1) is 17.8 Å². The van der Waals surface area contributed by atoms with Gasteiger partial charge in [0.25, 0.3) is 0 Å². The minimum atomic E-state index is -1.15. The van der Waals surface area contributed by atoms with Crippen LogP contribution >= 0.6 is 0 Å². The van der Waals surface area contributed by atoms with Crippen molar-refractivity contribution in [2.45, 2.75) is 52.1 Å². The lowest BCUT2D eigenvalue weighted by Crippen LogP contribution is -2.50. The third-order valence-corrected chi connectivity index (χ3v) is 7.62. The van der Waals surface area contributed by atoms with E-state index in [1.54, 1.807) is 36.4 Å². The predicted octanol–water partition coefficient (Wildman–Crippen LogP) is 3.07. The molecule has 0 bridgehead atoms. The lowest BCUT2D eigenvalue weighted by Gasteiger charge is -2.28. The highest BCUT2D eigenvalue weighted by Gasteiger charge is 2.47. The molecule has 0 saturated carbocycles. The fourth-order valence-electron chi connectivity index (χ4n) is 5.21. The summed E-state index contributed by atoms with van der Waals surface area (Å²) < 4.78 is 10.7. The van der Waals surface area contributed by atoms with E-state index < -0.39 is 53.3 Å². The van der Waals surface area contributed by atoms with Crippen LogP contribution in [0.2, 0.25) is 0 Å². The molecule has 0 aromatic heterocycles. The number of ketones is 1. The maximum Gasteiger partial charge on any atom is 0.244 e. The van der Waals surface area contributed by atoms with Gasteiger partial charge in [0, 0.05) is 6.08 Å². The van der Waals surface area contributed by atoms with Gasteiger partial charge in [-0.2, -0.15) is 0 Å². The van der Waals surface area contributed by atoms with Crippen molar-refractivity contribution in [3.05, 3.63) is 65.7 Å². The van der Waals surface area contributed by atoms with Gasteiger partial charge in [-0.3, -0.25) is 29.3 Å².